The highest BCUT2D eigenvalue weighted by Gasteiger charge is 2.58. The molecule has 5 rings (SSSR count). The summed E-state index contributed by atoms with van der Waals surface area (Å²) in [7, 11) is 1.16. The van der Waals surface area contributed by atoms with Crippen LogP contribution in [0.4, 0.5) is 37.7 Å². The highest BCUT2D eigenvalue weighted by molar-refractivity contribution is 5.91. The van der Waals surface area contributed by atoms with Crippen molar-refractivity contribution in [3.05, 3.63) is 101 Å². The van der Waals surface area contributed by atoms with E-state index in [2.05, 4.69) is 25.3 Å². The quantitative estimate of drug-likeness (QED) is 0.100. The molecule has 5 aromatic rings. The zero-order valence-corrected chi connectivity index (χ0v) is 25.3. The molecule has 0 saturated heterocycles. The lowest BCUT2D eigenvalue weighted by Crippen LogP contribution is -2.51. The van der Waals surface area contributed by atoms with Gasteiger partial charge in [-0.3, -0.25) is 0 Å². The number of ether oxygens (including phenoxy) is 1. The Bertz CT molecular complexity index is 1920. The molecule has 242 valence electrons. The molecule has 2 aromatic heterocycles. The Balaban J connectivity index is 0.000000305. The lowest BCUT2D eigenvalue weighted by molar-refractivity contribution is -0.246. The standard InChI is InChI=1S/C23H22F5N3O2.C9H8FN3/c1-12(2)10-22(32,23(26,27)28)21(16-6-5-14(24)9-20(16)33-4)31-19-8-15(25)7-18-17(19)11-29-13(3)30-18;1-5-12-4-7-8(11)2-6(10)3-9(7)13-5/h5-11,21,31-32H,1-4H3;2-4H,11H2,1H3. The number of aliphatic hydroxyl groups is 1. The normalized spacial score (nSPS) is 13.4. The molecule has 0 amide bonds. The summed E-state index contributed by atoms with van der Waals surface area (Å²) < 4.78 is 89.1. The van der Waals surface area contributed by atoms with Gasteiger partial charge in [0.05, 0.1) is 24.2 Å². The minimum Gasteiger partial charge on any atom is -0.496 e. The smallest absolute Gasteiger partial charge is 0.423 e. The summed E-state index contributed by atoms with van der Waals surface area (Å²) in [5, 5.41) is 14.6. The Morgan fingerprint density at radius 3 is 2.00 bits per heavy atom. The molecule has 3 aromatic carbocycles. The number of nitrogens with one attached hydrogen (secondary N) is 1. The second-order valence-corrected chi connectivity index (χ2v) is 10.7. The number of fused-ring (bicyclic) bond motifs is 2. The second kappa shape index (κ2) is 13.2. The molecule has 2 atom stereocenters. The van der Waals surface area contributed by atoms with Crippen molar-refractivity contribution >= 4 is 33.2 Å². The van der Waals surface area contributed by atoms with E-state index in [1.165, 1.54) is 32.2 Å². The number of methoxy groups -OCH3 is 1. The number of halogens is 6. The van der Waals surface area contributed by atoms with E-state index in [9.17, 15) is 31.4 Å². The minimum atomic E-state index is -5.17. The van der Waals surface area contributed by atoms with Gasteiger partial charge in [0.2, 0.25) is 5.60 Å². The van der Waals surface area contributed by atoms with Crippen molar-refractivity contribution in [2.45, 2.75) is 45.5 Å². The number of hydrogen-bond donors (Lipinski definition) is 3. The Hall–Kier alpha value is -4.98. The Labute approximate surface area is 260 Å². The number of nitrogen functional groups attached to an aromatic ring is 1. The van der Waals surface area contributed by atoms with E-state index in [4.69, 9.17) is 10.5 Å². The number of allylic oxidation sites excluding steroid dienone is 1. The zero-order chi connectivity index (χ0) is 34.0. The first-order valence-corrected chi connectivity index (χ1v) is 13.7. The van der Waals surface area contributed by atoms with Crippen LogP contribution in [0, 0.1) is 31.3 Å². The third-order valence-corrected chi connectivity index (χ3v) is 6.81. The van der Waals surface area contributed by atoms with Gasteiger partial charge in [0, 0.05) is 58.3 Å². The number of alkyl halides is 3. The predicted octanol–water partition coefficient (Wildman–Crippen LogP) is 7.30. The van der Waals surface area contributed by atoms with Crippen LogP contribution >= 0.6 is 0 Å². The van der Waals surface area contributed by atoms with Crippen LogP contribution in [0.2, 0.25) is 0 Å². The molecule has 0 aliphatic carbocycles. The van der Waals surface area contributed by atoms with E-state index in [0.29, 0.717) is 34.3 Å². The van der Waals surface area contributed by atoms with Crippen molar-refractivity contribution in [1.29, 1.82) is 0 Å². The van der Waals surface area contributed by atoms with Crippen LogP contribution in [0.3, 0.4) is 0 Å². The van der Waals surface area contributed by atoms with Crippen molar-refractivity contribution in [3.63, 3.8) is 0 Å². The Morgan fingerprint density at radius 2 is 1.43 bits per heavy atom. The molecule has 4 N–H and O–H groups in total. The highest BCUT2D eigenvalue weighted by atomic mass is 19.4. The van der Waals surface area contributed by atoms with E-state index in [-0.39, 0.29) is 39.3 Å². The average molecular weight is 645 g/mol. The Morgan fingerprint density at radius 1 is 0.870 bits per heavy atom. The molecular weight excluding hydrogens is 614 g/mol. The lowest BCUT2D eigenvalue weighted by atomic mass is 9.85. The molecule has 0 radical (unpaired) electrons. The molecule has 46 heavy (non-hydrogen) atoms. The second-order valence-electron chi connectivity index (χ2n) is 10.7. The fourth-order valence-corrected chi connectivity index (χ4v) is 4.80. The molecule has 0 spiro atoms. The first-order valence-electron chi connectivity index (χ1n) is 13.7. The average Bonchev–Trinajstić information content (AvgIpc) is 2.94. The number of aryl methyl sites for hydroxylation is 2. The molecule has 0 saturated carbocycles. The summed E-state index contributed by atoms with van der Waals surface area (Å²) in [6.45, 7) is 6.12. The van der Waals surface area contributed by atoms with Gasteiger partial charge >= 0.3 is 6.18 Å². The monoisotopic (exact) mass is 644 g/mol. The third kappa shape index (κ3) is 7.28. The maximum Gasteiger partial charge on any atom is 0.423 e. The maximum absolute atomic E-state index is 14.3. The molecule has 14 heteroatoms. The van der Waals surface area contributed by atoms with Crippen molar-refractivity contribution in [2.24, 2.45) is 0 Å². The van der Waals surface area contributed by atoms with Gasteiger partial charge in [-0.25, -0.2) is 33.1 Å². The third-order valence-electron chi connectivity index (χ3n) is 6.81. The van der Waals surface area contributed by atoms with Gasteiger partial charge in [-0.05, 0) is 52.0 Å². The van der Waals surface area contributed by atoms with E-state index in [1.54, 1.807) is 20.0 Å². The molecule has 2 unspecified atom stereocenters. The van der Waals surface area contributed by atoms with Crippen LogP contribution in [0.1, 0.15) is 37.1 Å². The number of aromatic nitrogens is 4. The van der Waals surface area contributed by atoms with E-state index in [0.717, 1.165) is 37.4 Å². The van der Waals surface area contributed by atoms with Crippen LogP contribution in [0.25, 0.3) is 21.8 Å². The molecule has 0 aliphatic rings. The number of hydrogen-bond acceptors (Lipinski definition) is 8. The van der Waals surface area contributed by atoms with Gasteiger partial charge in [0.1, 0.15) is 34.8 Å². The number of nitrogens with two attached hydrogens (primary N) is 1. The van der Waals surface area contributed by atoms with Crippen LogP contribution in [0.15, 0.2) is 66.5 Å². The molecular formula is C32H30F6N6O2. The van der Waals surface area contributed by atoms with E-state index >= 15 is 0 Å². The number of nitrogens with zero attached hydrogens (tertiary/aromatic N) is 4. The molecule has 2 heterocycles. The van der Waals surface area contributed by atoms with Gasteiger partial charge in [-0.15, -0.1) is 0 Å². The Kier molecular flexibility index (Phi) is 9.71. The maximum atomic E-state index is 14.3. The fraction of sp³-hybridized carbons (Fsp3) is 0.250. The summed E-state index contributed by atoms with van der Waals surface area (Å²) in [6, 6.07) is 5.68. The highest BCUT2D eigenvalue weighted by Crippen LogP contribution is 2.46. The van der Waals surface area contributed by atoms with Crippen molar-refractivity contribution < 1.29 is 36.2 Å². The van der Waals surface area contributed by atoms with E-state index in [1.807, 2.05) is 0 Å². The van der Waals surface area contributed by atoms with Crippen molar-refractivity contribution in [1.82, 2.24) is 19.9 Å². The van der Waals surface area contributed by atoms with Crippen LogP contribution in [-0.4, -0.2) is 43.9 Å². The fourth-order valence-electron chi connectivity index (χ4n) is 4.80. The summed E-state index contributed by atoms with van der Waals surface area (Å²) >= 11 is 0. The molecule has 0 fully saturated rings. The summed E-state index contributed by atoms with van der Waals surface area (Å²) in [4.78, 5) is 16.2. The molecule has 0 bridgehead atoms. The molecule has 0 aliphatic heterocycles. The largest absolute Gasteiger partial charge is 0.496 e. The van der Waals surface area contributed by atoms with E-state index < -0.39 is 29.5 Å². The lowest BCUT2D eigenvalue weighted by Gasteiger charge is -2.38. The van der Waals surface area contributed by atoms with Gasteiger partial charge in [-0.1, -0.05) is 11.6 Å². The first kappa shape index (κ1) is 33.9. The van der Waals surface area contributed by atoms with Crippen LogP contribution < -0.4 is 15.8 Å². The van der Waals surface area contributed by atoms with Gasteiger partial charge in [0.15, 0.2) is 0 Å². The zero-order valence-electron chi connectivity index (χ0n) is 25.3. The number of benzene rings is 3. The predicted molar refractivity (Wildman–Crippen MR) is 163 cm³/mol. The SMILES string of the molecule is COc1cc(F)ccc1C(Nc1cc(F)cc2nc(C)ncc12)C(O)(C=C(C)C)C(F)(F)F.Cc1ncc2c(N)cc(F)cc2n1. The number of anilines is 2. The van der Waals surface area contributed by atoms with Gasteiger partial charge in [0.25, 0.3) is 0 Å². The summed E-state index contributed by atoms with van der Waals surface area (Å²) in [5.74, 6) is -1.16. The molecule has 8 nitrogen and oxygen atoms in total. The van der Waals surface area contributed by atoms with Crippen LogP contribution in [-0.2, 0) is 0 Å². The number of rotatable bonds is 6. The summed E-state index contributed by atoms with van der Waals surface area (Å²) in [5.41, 5.74) is 3.08. The summed E-state index contributed by atoms with van der Waals surface area (Å²) in [6.07, 6.45) is -1.58. The first-order chi connectivity index (χ1) is 21.5. The van der Waals surface area contributed by atoms with Crippen LogP contribution in [0.5, 0.6) is 5.75 Å². The van der Waals surface area contributed by atoms with Gasteiger partial charge in [-0.2, -0.15) is 13.2 Å². The topological polar surface area (TPSA) is 119 Å². The van der Waals surface area contributed by atoms with Crippen molar-refractivity contribution in [3.8, 4) is 5.75 Å². The minimum absolute atomic E-state index is 0.0915. The van der Waals surface area contributed by atoms with Crippen molar-refractivity contribution in [2.75, 3.05) is 18.2 Å². The van der Waals surface area contributed by atoms with Gasteiger partial charge < -0.3 is 20.9 Å².